The summed E-state index contributed by atoms with van der Waals surface area (Å²) in [6, 6.07) is 2.02. The summed E-state index contributed by atoms with van der Waals surface area (Å²) in [7, 11) is 0. The normalized spacial score (nSPS) is 18.2. The van der Waals surface area contributed by atoms with Gasteiger partial charge in [-0.3, -0.25) is 0 Å². The van der Waals surface area contributed by atoms with Crippen LogP contribution in [0.1, 0.15) is 37.9 Å². The molecule has 0 spiro atoms. The monoisotopic (exact) mass is 387 g/mol. The van der Waals surface area contributed by atoms with Crippen LogP contribution in [0.25, 0.3) is 11.2 Å². The van der Waals surface area contributed by atoms with Crippen molar-refractivity contribution in [3.05, 3.63) is 22.6 Å². The third-order valence-electron chi connectivity index (χ3n) is 4.39. The Balaban J connectivity index is 2.02. The van der Waals surface area contributed by atoms with E-state index in [-0.39, 0.29) is 0 Å². The zero-order valence-corrected chi connectivity index (χ0v) is 15.3. The molecule has 21 heavy (non-hydrogen) atoms. The first-order valence-corrected chi connectivity index (χ1v) is 9.84. The molecule has 3 rings (SSSR count). The van der Waals surface area contributed by atoms with Crippen LogP contribution in [-0.2, 0) is 12.4 Å². The molecule has 0 N–H and O–H groups in total. The van der Waals surface area contributed by atoms with E-state index < -0.39 is 0 Å². The van der Waals surface area contributed by atoms with Gasteiger partial charge in [-0.1, -0.05) is 19.3 Å². The lowest BCUT2D eigenvalue weighted by molar-refractivity contribution is 0.358. The number of pyridine rings is 1. The third-order valence-corrected chi connectivity index (χ3v) is 6.47. The van der Waals surface area contributed by atoms with Crippen LogP contribution in [0.2, 0.25) is 0 Å². The van der Waals surface area contributed by atoms with E-state index in [9.17, 15) is 0 Å². The topological polar surface area (TPSA) is 30.7 Å². The van der Waals surface area contributed by atoms with E-state index in [1.165, 1.54) is 32.1 Å². The molecular formula is C15H19BrClN3S. The number of imidazole rings is 1. The van der Waals surface area contributed by atoms with E-state index >= 15 is 0 Å². The quantitative estimate of drug-likeness (QED) is 0.691. The standard InChI is InChI=1S/C15H19BrClN3S/c1-21-15(5-3-2-4-6-15)10-20-13(8-17)19-12-7-11(16)9-18-14(12)20/h7,9H,2-6,8,10H2,1H3. The molecule has 0 aliphatic heterocycles. The van der Waals surface area contributed by atoms with Gasteiger partial charge in [0.2, 0.25) is 0 Å². The Morgan fingerprint density at radius 3 is 2.81 bits per heavy atom. The molecule has 3 nitrogen and oxygen atoms in total. The van der Waals surface area contributed by atoms with Crippen LogP contribution in [0.3, 0.4) is 0 Å². The number of hydrogen-bond acceptors (Lipinski definition) is 3. The number of nitrogens with zero attached hydrogens (tertiary/aromatic N) is 3. The maximum absolute atomic E-state index is 6.12. The fraction of sp³-hybridized carbons (Fsp3) is 0.600. The van der Waals surface area contributed by atoms with Crippen LogP contribution in [-0.4, -0.2) is 25.5 Å². The SMILES string of the molecule is CSC1(Cn2c(CCl)nc3cc(Br)cnc32)CCCCC1. The maximum atomic E-state index is 6.12. The van der Waals surface area contributed by atoms with Gasteiger partial charge in [0.15, 0.2) is 5.65 Å². The summed E-state index contributed by atoms with van der Waals surface area (Å²) in [6.45, 7) is 0.960. The molecule has 6 heteroatoms. The maximum Gasteiger partial charge on any atom is 0.160 e. The Bertz CT molecular complexity index is 637. The van der Waals surface area contributed by atoms with Gasteiger partial charge in [-0.25, -0.2) is 9.97 Å². The second-order valence-electron chi connectivity index (χ2n) is 5.69. The number of alkyl halides is 1. The van der Waals surface area contributed by atoms with E-state index in [4.69, 9.17) is 11.6 Å². The predicted molar refractivity (Wildman–Crippen MR) is 94.1 cm³/mol. The zero-order chi connectivity index (χ0) is 14.9. The molecule has 0 atom stereocenters. The summed E-state index contributed by atoms with van der Waals surface area (Å²) in [4.78, 5) is 9.22. The lowest BCUT2D eigenvalue weighted by atomic mass is 9.88. The molecule has 0 amide bonds. The number of halogens is 2. The third kappa shape index (κ3) is 3.10. The van der Waals surface area contributed by atoms with E-state index in [1.54, 1.807) is 0 Å². The number of thioether (sulfide) groups is 1. The van der Waals surface area contributed by atoms with E-state index in [0.29, 0.717) is 10.6 Å². The number of aromatic nitrogens is 3. The highest BCUT2D eigenvalue weighted by atomic mass is 79.9. The molecule has 1 aliphatic rings. The van der Waals surface area contributed by atoms with Gasteiger partial charge in [0.05, 0.1) is 5.88 Å². The molecule has 1 fully saturated rings. The summed E-state index contributed by atoms with van der Waals surface area (Å²) in [5, 5.41) is 0. The zero-order valence-electron chi connectivity index (χ0n) is 12.1. The van der Waals surface area contributed by atoms with Crippen LogP contribution >= 0.6 is 39.3 Å². The highest BCUT2D eigenvalue weighted by Gasteiger charge is 2.33. The van der Waals surface area contributed by atoms with Crippen molar-refractivity contribution in [2.75, 3.05) is 6.26 Å². The molecule has 2 heterocycles. The largest absolute Gasteiger partial charge is 0.310 e. The second-order valence-corrected chi connectivity index (χ2v) is 8.15. The fourth-order valence-electron chi connectivity index (χ4n) is 3.21. The smallest absolute Gasteiger partial charge is 0.160 e. The van der Waals surface area contributed by atoms with Crippen molar-refractivity contribution in [3.63, 3.8) is 0 Å². The average molecular weight is 389 g/mol. The van der Waals surface area contributed by atoms with Crippen molar-refractivity contribution >= 4 is 50.5 Å². The van der Waals surface area contributed by atoms with Crippen molar-refractivity contribution in [2.45, 2.75) is 49.3 Å². The highest BCUT2D eigenvalue weighted by molar-refractivity contribution is 9.10. The van der Waals surface area contributed by atoms with Gasteiger partial charge in [-0.2, -0.15) is 11.8 Å². The summed E-state index contributed by atoms with van der Waals surface area (Å²) < 4.78 is 3.50. The van der Waals surface area contributed by atoms with E-state index in [2.05, 4.69) is 36.7 Å². The van der Waals surface area contributed by atoms with Crippen molar-refractivity contribution in [2.24, 2.45) is 0 Å². The number of hydrogen-bond donors (Lipinski definition) is 0. The molecule has 2 aromatic rings. The second kappa shape index (κ2) is 6.47. The van der Waals surface area contributed by atoms with E-state index in [1.807, 2.05) is 24.0 Å². The molecule has 1 saturated carbocycles. The Morgan fingerprint density at radius 1 is 1.38 bits per heavy atom. The minimum absolute atomic E-state index is 0.307. The molecule has 0 radical (unpaired) electrons. The average Bonchev–Trinajstić information content (AvgIpc) is 2.85. The van der Waals surface area contributed by atoms with Crippen LogP contribution < -0.4 is 0 Å². The Kier molecular flexibility index (Phi) is 4.81. The summed E-state index contributed by atoms with van der Waals surface area (Å²) in [6.07, 6.45) is 10.6. The molecule has 0 aromatic carbocycles. The first-order chi connectivity index (χ1) is 10.2. The van der Waals surface area contributed by atoms with Gasteiger partial charge < -0.3 is 4.57 Å². The van der Waals surface area contributed by atoms with Crippen LogP contribution in [0, 0.1) is 0 Å². The van der Waals surface area contributed by atoms with Gasteiger partial charge in [-0.15, -0.1) is 11.6 Å². The highest BCUT2D eigenvalue weighted by Crippen LogP contribution is 2.40. The van der Waals surface area contributed by atoms with Crippen LogP contribution in [0.4, 0.5) is 0 Å². The van der Waals surface area contributed by atoms with Crippen LogP contribution in [0.15, 0.2) is 16.7 Å². The minimum atomic E-state index is 0.307. The van der Waals surface area contributed by atoms with Crippen molar-refractivity contribution in [1.29, 1.82) is 0 Å². The lowest BCUT2D eigenvalue weighted by Gasteiger charge is -2.36. The minimum Gasteiger partial charge on any atom is -0.310 e. The lowest BCUT2D eigenvalue weighted by Crippen LogP contribution is -2.33. The Labute approximate surface area is 143 Å². The Hall–Kier alpha value is -0.260. The van der Waals surface area contributed by atoms with Crippen molar-refractivity contribution < 1.29 is 0 Å². The molecular weight excluding hydrogens is 370 g/mol. The Morgan fingerprint density at radius 2 is 2.14 bits per heavy atom. The van der Waals surface area contributed by atoms with Gasteiger partial charge in [0.1, 0.15) is 11.3 Å². The first kappa shape index (κ1) is 15.6. The van der Waals surface area contributed by atoms with E-state index in [0.717, 1.165) is 28.0 Å². The number of rotatable bonds is 4. The predicted octanol–water partition coefficient (Wildman–Crippen LogP) is 5.00. The van der Waals surface area contributed by atoms with Gasteiger partial charge in [0.25, 0.3) is 0 Å². The molecule has 0 unspecified atom stereocenters. The number of fused-ring (bicyclic) bond motifs is 1. The summed E-state index contributed by atoms with van der Waals surface area (Å²) in [5.41, 5.74) is 1.87. The van der Waals surface area contributed by atoms with Gasteiger partial charge >= 0.3 is 0 Å². The summed E-state index contributed by atoms with van der Waals surface area (Å²) >= 11 is 11.6. The molecule has 114 valence electrons. The van der Waals surface area contributed by atoms with Gasteiger partial charge in [-0.05, 0) is 41.1 Å². The van der Waals surface area contributed by atoms with Crippen molar-refractivity contribution in [1.82, 2.24) is 14.5 Å². The summed E-state index contributed by atoms with van der Waals surface area (Å²) in [5.74, 6) is 1.36. The molecule has 2 aromatic heterocycles. The van der Waals surface area contributed by atoms with Crippen LogP contribution in [0.5, 0.6) is 0 Å². The van der Waals surface area contributed by atoms with Crippen molar-refractivity contribution in [3.8, 4) is 0 Å². The molecule has 1 aliphatic carbocycles. The van der Waals surface area contributed by atoms with Gasteiger partial charge in [0, 0.05) is 22.0 Å². The fourth-order valence-corrected chi connectivity index (χ4v) is 4.69. The molecule has 0 saturated heterocycles. The molecule has 0 bridgehead atoms. The first-order valence-electron chi connectivity index (χ1n) is 7.29.